The van der Waals surface area contributed by atoms with Crippen molar-refractivity contribution in [3.63, 3.8) is 0 Å². The van der Waals surface area contributed by atoms with Crippen molar-refractivity contribution in [2.75, 3.05) is 20.6 Å². The molecular formula is C18H31ClN+. The maximum Gasteiger partial charge on any atom is 0.114 e. The van der Waals surface area contributed by atoms with Crippen LogP contribution >= 0.6 is 11.6 Å². The van der Waals surface area contributed by atoms with Gasteiger partial charge in [0.1, 0.15) is 6.04 Å². The van der Waals surface area contributed by atoms with Crippen LogP contribution in [0.2, 0.25) is 5.02 Å². The SMILES string of the molecule is CCCCCCC[N+](C)(C)C(CC)c1ccc(Cl)cc1. The van der Waals surface area contributed by atoms with Crippen LogP contribution in [0, 0.1) is 0 Å². The molecule has 0 heterocycles. The normalized spacial score (nSPS) is 13.4. The predicted octanol–water partition coefficient (Wildman–Crippen LogP) is 5.84. The van der Waals surface area contributed by atoms with Gasteiger partial charge in [-0.15, -0.1) is 0 Å². The standard InChI is InChI=1S/C18H31ClN/c1-5-7-8-9-10-15-20(3,4)18(6-2)16-11-13-17(19)14-12-16/h11-14,18H,5-10,15H2,1-4H3/q+1. The first-order valence-electron chi connectivity index (χ1n) is 8.09. The molecule has 114 valence electrons. The lowest BCUT2D eigenvalue weighted by Gasteiger charge is -2.38. The van der Waals surface area contributed by atoms with Gasteiger partial charge in [0, 0.05) is 17.0 Å². The summed E-state index contributed by atoms with van der Waals surface area (Å²) < 4.78 is 1.07. The van der Waals surface area contributed by atoms with Crippen LogP contribution in [0.1, 0.15) is 64.0 Å². The highest BCUT2D eigenvalue weighted by atomic mass is 35.5. The van der Waals surface area contributed by atoms with Crippen LogP contribution in [0.15, 0.2) is 24.3 Å². The largest absolute Gasteiger partial charge is 0.322 e. The van der Waals surface area contributed by atoms with E-state index in [1.165, 1.54) is 50.6 Å². The Morgan fingerprint density at radius 3 is 2.10 bits per heavy atom. The second kappa shape index (κ2) is 8.69. The highest BCUT2D eigenvalue weighted by molar-refractivity contribution is 6.30. The number of halogens is 1. The second-order valence-corrected chi connectivity index (χ2v) is 6.83. The molecule has 1 aromatic carbocycles. The van der Waals surface area contributed by atoms with Gasteiger partial charge in [0.2, 0.25) is 0 Å². The molecule has 0 saturated heterocycles. The van der Waals surface area contributed by atoms with E-state index >= 15 is 0 Å². The van der Waals surface area contributed by atoms with E-state index in [-0.39, 0.29) is 0 Å². The van der Waals surface area contributed by atoms with Crippen molar-refractivity contribution in [2.24, 2.45) is 0 Å². The molecule has 0 aliphatic rings. The summed E-state index contributed by atoms with van der Waals surface area (Å²) in [6.45, 7) is 5.81. The van der Waals surface area contributed by atoms with Crippen molar-refractivity contribution in [2.45, 2.75) is 58.4 Å². The molecule has 0 N–H and O–H groups in total. The van der Waals surface area contributed by atoms with Gasteiger partial charge in [0.15, 0.2) is 0 Å². The number of nitrogens with zero attached hydrogens (tertiary/aromatic N) is 1. The molecule has 1 rings (SSSR count). The lowest BCUT2D eigenvalue weighted by molar-refractivity contribution is -0.921. The number of hydrogen-bond acceptors (Lipinski definition) is 0. The third-order valence-corrected chi connectivity index (χ3v) is 4.58. The van der Waals surface area contributed by atoms with Crippen LogP contribution in [-0.4, -0.2) is 25.1 Å². The van der Waals surface area contributed by atoms with Gasteiger partial charge in [-0.3, -0.25) is 0 Å². The predicted molar refractivity (Wildman–Crippen MR) is 90.2 cm³/mol. The quantitative estimate of drug-likeness (QED) is 0.397. The van der Waals surface area contributed by atoms with Gasteiger partial charge in [-0.2, -0.15) is 0 Å². The van der Waals surface area contributed by atoms with Crippen LogP contribution in [0.25, 0.3) is 0 Å². The van der Waals surface area contributed by atoms with E-state index in [0.29, 0.717) is 6.04 Å². The van der Waals surface area contributed by atoms with Gasteiger partial charge >= 0.3 is 0 Å². The van der Waals surface area contributed by atoms with E-state index in [9.17, 15) is 0 Å². The van der Waals surface area contributed by atoms with Crippen LogP contribution in [0.5, 0.6) is 0 Å². The van der Waals surface area contributed by atoms with Gasteiger partial charge in [-0.05, 0) is 25.0 Å². The first kappa shape index (κ1) is 17.5. The molecule has 1 unspecified atom stereocenters. The number of rotatable bonds is 9. The van der Waals surface area contributed by atoms with Crippen molar-refractivity contribution >= 4 is 11.6 Å². The maximum absolute atomic E-state index is 6.00. The number of quaternary nitrogens is 1. The first-order chi connectivity index (χ1) is 9.51. The maximum atomic E-state index is 6.00. The van der Waals surface area contributed by atoms with E-state index < -0.39 is 0 Å². The fourth-order valence-electron chi connectivity index (χ4n) is 3.10. The molecule has 0 fully saturated rings. The number of unbranched alkanes of at least 4 members (excludes halogenated alkanes) is 4. The fraction of sp³-hybridized carbons (Fsp3) is 0.667. The summed E-state index contributed by atoms with van der Waals surface area (Å²) in [5, 5.41) is 0.827. The summed E-state index contributed by atoms with van der Waals surface area (Å²) in [6, 6.07) is 8.97. The molecule has 2 heteroatoms. The lowest BCUT2D eigenvalue weighted by Crippen LogP contribution is -2.43. The van der Waals surface area contributed by atoms with Crippen molar-refractivity contribution in [1.29, 1.82) is 0 Å². The minimum atomic E-state index is 0.568. The highest BCUT2D eigenvalue weighted by Gasteiger charge is 2.27. The summed E-state index contributed by atoms with van der Waals surface area (Å²) in [7, 11) is 4.73. The van der Waals surface area contributed by atoms with Gasteiger partial charge in [-0.1, -0.05) is 56.8 Å². The molecule has 0 aliphatic heterocycles. The smallest absolute Gasteiger partial charge is 0.114 e. The highest BCUT2D eigenvalue weighted by Crippen LogP contribution is 2.29. The van der Waals surface area contributed by atoms with Crippen LogP contribution in [0.4, 0.5) is 0 Å². The van der Waals surface area contributed by atoms with Gasteiger partial charge < -0.3 is 4.48 Å². The minimum absolute atomic E-state index is 0.568. The van der Waals surface area contributed by atoms with Crippen molar-refractivity contribution < 1.29 is 4.48 Å². The Kier molecular flexibility index (Phi) is 7.61. The van der Waals surface area contributed by atoms with E-state index in [2.05, 4.69) is 40.1 Å². The monoisotopic (exact) mass is 296 g/mol. The zero-order chi connectivity index (χ0) is 15.0. The Morgan fingerprint density at radius 1 is 0.950 bits per heavy atom. The molecule has 0 spiro atoms. The Balaban J connectivity index is 2.59. The first-order valence-corrected chi connectivity index (χ1v) is 8.47. The average Bonchev–Trinajstić information content (AvgIpc) is 2.41. The van der Waals surface area contributed by atoms with Crippen LogP contribution in [0.3, 0.4) is 0 Å². The third-order valence-electron chi connectivity index (χ3n) is 4.32. The minimum Gasteiger partial charge on any atom is -0.322 e. The van der Waals surface area contributed by atoms with Crippen molar-refractivity contribution in [3.8, 4) is 0 Å². The number of hydrogen-bond donors (Lipinski definition) is 0. The number of benzene rings is 1. The van der Waals surface area contributed by atoms with Crippen LogP contribution < -0.4 is 0 Å². The summed E-state index contributed by atoms with van der Waals surface area (Å²) in [4.78, 5) is 0. The second-order valence-electron chi connectivity index (χ2n) is 6.39. The molecule has 1 atom stereocenters. The molecule has 1 nitrogen and oxygen atoms in total. The van der Waals surface area contributed by atoms with Gasteiger partial charge in [0.25, 0.3) is 0 Å². The fourth-order valence-corrected chi connectivity index (χ4v) is 3.22. The Labute approximate surface area is 130 Å². The van der Waals surface area contributed by atoms with Crippen molar-refractivity contribution in [3.05, 3.63) is 34.9 Å². The van der Waals surface area contributed by atoms with E-state index in [0.717, 1.165) is 9.51 Å². The molecule has 0 saturated carbocycles. The van der Waals surface area contributed by atoms with E-state index in [1.807, 2.05) is 12.1 Å². The Bertz CT molecular complexity index is 370. The Hall–Kier alpha value is -0.530. The lowest BCUT2D eigenvalue weighted by atomic mass is 10.0. The molecular weight excluding hydrogens is 266 g/mol. The zero-order valence-electron chi connectivity index (χ0n) is 13.7. The van der Waals surface area contributed by atoms with E-state index in [1.54, 1.807) is 0 Å². The van der Waals surface area contributed by atoms with E-state index in [4.69, 9.17) is 11.6 Å². The molecule has 0 radical (unpaired) electrons. The molecule has 20 heavy (non-hydrogen) atoms. The third kappa shape index (κ3) is 5.46. The molecule has 0 aromatic heterocycles. The zero-order valence-corrected chi connectivity index (χ0v) is 14.4. The van der Waals surface area contributed by atoms with Crippen molar-refractivity contribution in [1.82, 2.24) is 0 Å². The summed E-state index contributed by atoms with van der Waals surface area (Å²) >= 11 is 6.00. The molecule has 0 amide bonds. The summed E-state index contributed by atoms with van der Waals surface area (Å²) in [5.74, 6) is 0. The topological polar surface area (TPSA) is 0 Å². The van der Waals surface area contributed by atoms with Gasteiger partial charge in [0.05, 0.1) is 20.6 Å². The van der Waals surface area contributed by atoms with Crippen LogP contribution in [-0.2, 0) is 0 Å². The molecule has 0 aliphatic carbocycles. The summed E-state index contributed by atoms with van der Waals surface area (Å²) in [6.07, 6.45) is 7.95. The summed E-state index contributed by atoms with van der Waals surface area (Å²) in [5.41, 5.74) is 1.41. The average molecular weight is 297 g/mol. The molecule has 0 bridgehead atoms. The molecule has 1 aromatic rings. The Morgan fingerprint density at radius 2 is 1.55 bits per heavy atom. The van der Waals surface area contributed by atoms with Gasteiger partial charge in [-0.25, -0.2) is 0 Å².